The van der Waals surface area contributed by atoms with Gasteiger partial charge in [0.25, 0.3) is 0 Å². The summed E-state index contributed by atoms with van der Waals surface area (Å²) in [4.78, 5) is 10.6. The zero-order valence-corrected chi connectivity index (χ0v) is 30.6. The van der Waals surface area contributed by atoms with Crippen LogP contribution in [-0.2, 0) is 0 Å². The van der Waals surface area contributed by atoms with E-state index >= 15 is 0 Å². The van der Waals surface area contributed by atoms with E-state index in [1.165, 1.54) is 65.3 Å². The maximum absolute atomic E-state index is 5.41. The highest BCUT2D eigenvalue weighted by Crippen LogP contribution is 2.41. The van der Waals surface area contributed by atoms with Gasteiger partial charge in [-0.25, -0.2) is 9.97 Å². The Bertz CT molecular complexity index is 3810. The topological polar surface area (TPSA) is 40.0 Å². The van der Waals surface area contributed by atoms with Gasteiger partial charge in [-0.2, -0.15) is 0 Å². The molecule has 13 rings (SSSR count). The molecule has 0 spiro atoms. The fourth-order valence-corrected chi connectivity index (χ4v) is 9.48. The van der Waals surface area contributed by atoms with Gasteiger partial charge >= 0.3 is 0 Å². The molecule has 0 aliphatic rings. The summed E-state index contributed by atoms with van der Waals surface area (Å²) in [5, 5.41) is 11.0. The minimum absolute atomic E-state index is 0.823. The van der Waals surface area contributed by atoms with Gasteiger partial charge in [-0.15, -0.1) is 0 Å². The quantitative estimate of drug-likeness (QED) is 0.182. The van der Waals surface area contributed by atoms with Gasteiger partial charge in [0, 0.05) is 32.6 Å². The van der Waals surface area contributed by atoms with Crippen LogP contribution in [0, 0.1) is 0 Å². The van der Waals surface area contributed by atoms with Crippen LogP contribution in [0.3, 0.4) is 0 Å². The SMILES string of the molecule is c1ccc2c(c1)ccc1c2c2ccccc2n1-c1ccc(-c2ccc3c(c2)c2c4ccccc4ccc2n3-c2nc3ccccc3c3nc4ccccc4n23)cc1. The van der Waals surface area contributed by atoms with Crippen molar-refractivity contribution in [1.82, 2.24) is 23.5 Å². The highest BCUT2D eigenvalue weighted by atomic mass is 15.2. The molecule has 0 amide bonds. The van der Waals surface area contributed by atoms with Gasteiger partial charge in [0.2, 0.25) is 5.95 Å². The Balaban J connectivity index is 1.04. The van der Waals surface area contributed by atoms with E-state index < -0.39 is 0 Å². The van der Waals surface area contributed by atoms with E-state index in [1.54, 1.807) is 0 Å². The standard InChI is InChI=1S/C52H31N5/c1-3-13-37-33(11-1)23-29-47-49(37)40-16-6-9-19-44(40)55(47)36-26-21-32(22-27-36)35-25-28-45-41(31-35)50-38-14-4-2-12-34(38)24-30-48(50)56(45)52-54-42-17-7-5-15-39(42)51-53-43-18-8-10-20-46(43)57(51)52/h1-31H. The first kappa shape index (κ1) is 30.6. The van der Waals surface area contributed by atoms with Gasteiger partial charge in [-0.3, -0.25) is 8.97 Å². The van der Waals surface area contributed by atoms with Crippen LogP contribution in [-0.4, -0.2) is 23.5 Å². The van der Waals surface area contributed by atoms with Gasteiger partial charge < -0.3 is 4.57 Å². The van der Waals surface area contributed by atoms with Crippen LogP contribution < -0.4 is 0 Å². The van der Waals surface area contributed by atoms with Gasteiger partial charge in [-0.05, 0) is 99.4 Å². The van der Waals surface area contributed by atoms with Crippen molar-refractivity contribution in [1.29, 1.82) is 0 Å². The third kappa shape index (κ3) is 4.23. The molecule has 4 aromatic heterocycles. The first-order chi connectivity index (χ1) is 28.3. The lowest BCUT2D eigenvalue weighted by atomic mass is 10.00. The molecule has 13 aromatic rings. The summed E-state index contributed by atoms with van der Waals surface area (Å²) in [7, 11) is 0. The molecule has 9 aromatic carbocycles. The molecule has 4 heterocycles. The first-order valence-electron chi connectivity index (χ1n) is 19.4. The second-order valence-corrected chi connectivity index (χ2v) is 15.0. The molecular formula is C52H31N5. The summed E-state index contributed by atoms with van der Waals surface area (Å²) < 4.78 is 6.97. The van der Waals surface area contributed by atoms with E-state index in [9.17, 15) is 0 Å². The van der Waals surface area contributed by atoms with Crippen molar-refractivity contribution in [2.24, 2.45) is 0 Å². The molecule has 0 N–H and O–H groups in total. The van der Waals surface area contributed by atoms with Crippen LogP contribution in [0.4, 0.5) is 0 Å². The molecule has 0 radical (unpaired) electrons. The van der Waals surface area contributed by atoms with Crippen LogP contribution >= 0.6 is 0 Å². The lowest BCUT2D eigenvalue weighted by molar-refractivity contribution is 0.980. The van der Waals surface area contributed by atoms with Crippen LogP contribution in [0.25, 0.3) is 116 Å². The van der Waals surface area contributed by atoms with E-state index in [-0.39, 0.29) is 0 Å². The van der Waals surface area contributed by atoms with Gasteiger partial charge in [0.15, 0.2) is 0 Å². The summed E-state index contributed by atoms with van der Waals surface area (Å²) >= 11 is 0. The summed E-state index contributed by atoms with van der Waals surface area (Å²) in [6.07, 6.45) is 0. The number of rotatable bonds is 3. The van der Waals surface area contributed by atoms with Crippen molar-refractivity contribution < 1.29 is 0 Å². The van der Waals surface area contributed by atoms with Crippen LogP contribution in [0.2, 0.25) is 0 Å². The van der Waals surface area contributed by atoms with E-state index in [4.69, 9.17) is 9.97 Å². The van der Waals surface area contributed by atoms with Crippen LogP contribution in [0.1, 0.15) is 0 Å². The number of aromatic nitrogens is 5. The van der Waals surface area contributed by atoms with E-state index in [0.29, 0.717) is 0 Å². The minimum atomic E-state index is 0.823. The monoisotopic (exact) mass is 725 g/mol. The molecule has 0 aliphatic carbocycles. The third-order valence-corrected chi connectivity index (χ3v) is 12.0. The first-order valence-corrected chi connectivity index (χ1v) is 19.4. The van der Waals surface area contributed by atoms with Crippen molar-refractivity contribution in [2.75, 3.05) is 0 Å². The van der Waals surface area contributed by atoms with Gasteiger partial charge in [0.05, 0.1) is 38.6 Å². The zero-order valence-electron chi connectivity index (χ0n) is 30.6. The van der Waals surface area contributed by atoms with Crippen molar-refractivity contribution in [3.63, 3.8) is 0 Å². The fourth-order valence-electron chi connectivity index (χ4n) is 9.48. The third-order valence-electron chi connectivity index (χ3n) is 12.0. The smallest absolute Gasteiger partial charge is 0.221 e. The number of para-hydroxylation sites is 4. The van der Waals surface area contributed by atoms with E-state index in [2.05, 4.69) is 202 Å². The minimum Gasteiger partial charge on any atom is -0.309 e. The van der Waals surface area contributed by atoms with Crippen LogP contribution in [0.5, 0.6) is 0 Å². The second kappa shape index (κ2) is 11.4. The highest BCUT2D eigenvalue weighted by molar-refractivity contribution is 6.23. The molecule has 0 atom stereocenters. The molecule has 0 saturated heterocycles. The molecule has 5 heteroatoms. The number of imidazole rings is 1. The number of nitrogens with zero attached hydrogens (tertiary/aromatic N) is 5. The maximum atomic E-state index is 5.41. The lowest BCUT2D eigenvalue weighted by Gasteiger charge is -2.13. The maximum Gasteiger partial charge on any atom is 0.221 e. The molecule has 57 heavy (non-hydrogen) atoms. The summed E-state index contributed by atoms with van der Waals surface area (Å²) in [5.41, 5.74) is 11.9. The Kier molecular flexibility index (Phi) is 6.10. The van der Waals surface area contributed by atoms with E-state index in [0.717, 1.165) is 50.3 Å². The largest absolute Gasteiger partial charge is 0.309 e. The molecule has 264 valence electrons. The Morgan fingerprint density at radius 3 is 1.63 bits per heavy atom. The molecule has 0 fully saturated rings. The number of benzene rings is 9. The number of fused-ring (bicyclic) bond motifs is 15. The molecule has 0 bridgehead atoms. The lowest BCUT2D eigenvalue weighted by Crippen LogP contribution is -2.06. The Labute approximate surface area is 325 Å². The van der Waals surface area contributed by atoms with Gasteiger partial charge in [0.1, 0.15) is 5.65 Å². The average Bonchev–Trinajstić information content (AvgIpc) is 3.95. The van der Waals surface area contributed by atoms with Crippen molar-refractivity contribution >= 4 is 92.7 Å². The summed E-state index contributed by atoms with van der Waals surface area (Å²) in [6.45, 7) is 0. The number of hydrogen-bond donors (Lipinski definition) is 0. The van der Waals surface area contributed by atoms with Crippen molar-refractivity contribution in [3.05, 3.63) is 188 Å². The van der Waals surface area contributed by atoms with E-state index in [1.807, 2.05) is 0 Å². The van der Waals surface area contributed by atoms with Crippen LogP contribution in [0.15, 0.2) is 188 Å². The summed E-state index contributed by atoms with van der Waals surface area (Å²) in [5.74, 6) is 0.823. The molecule has 0 unspecified atom stereocenters. The summed E-state index contributed by atoms with van der Waals surface area (Å²) in [6, 6.07) is 67.8. The Hall–Kier alpha value is -7.76. The predicted molar refractivity (Wildman–Crippen MR) is 237 cm³/mol. The Morgan fingerprint density at radius 2 is 0.877 bits per heavy atom. The average molecular weight is 726 g/mol. The zero-order chi connectivity index (χ0) is 37.2. The molecule has 5 nitrogen and oxygen atoms in total. The molecule has 0 aliphatic heterocycles. The second-order valence-electron chi connectivity index (χ2n) is 15.0. The van der Waals surface area contributed by atoms with Gasteiger partial charge in [-0.1, -0.05) is 121 Å². The normalized spacial score (nSPS) is 12.2. The van der Waals surface area contributed by atoms with Crippen molar-refractivity contribution in [3.8, 4) is 22.8 Å². The highest BCUT2D eigenvalue weighted by Gasteiger charge is 2.22. The Morgan fingerprint density at radius 1 is 0.333 bits per heavy atom. The van der Waals surface area contributed by atoms with Crippen molar-refractivity contribution in [2.45, 2.75) is 0 Å². The number of hydrogen-bond acceptors (Lipinski definition) is 2. The molecule has 0 saturated carbocycles. The predicted octanol–water partition coefficient (Wildman–Crippen LogP) is 13.2. The fraction of sp³-hybridized carbons (Fsp3) is 0. The molecular weight excluding hydrogens is 695 g/mol.